The van der Waals surface area contributed by atoms with Crippen LogP contribution in [-0.4, -0.2) is 27.2 Å². The number of hydrogen-bond acceptors (Lipinski definition) is 5. The van der Waals surface area contributed by atoms with E-state index in [1.165, 1.54) is 12.5 Å². The SMILES string of the molecule is N#Cc1cncnc1NC1(CO)CC1. The van der Waals surface area contributed by atoms with Gasteiger partial charge in [0.2, 0.25) is 0 Å². The van der Waals surface area contributed by atoms with Gasteiger partial charge in [-0.25, -0.2) is 9.97 Å². The number of hydrogen-bond donors (Lipinski definition) is 2. The fourth-order valence-corrected chi connectivity index (χ4v) is 1.24. The number of aliphatic hydroxyl groups is 1. The van der Waals surface area contributed by atoms with Gasteiger partial charge in [-0.05, 0) is 12.8 Å². The van der Waals surface area contributed by atoms with Crippen molar-refractivity contribution in [3.05, 3.63) is 18.1 Å². The molecule has 2 N–H and O–H groups in total. The van der Waals surface area contributed by atoms with Crippen molar-refractivity contribution in [3.63, 3.8) is 0 Å². The predicted octanol–water partition coefficient (Wildman–Crippen LogP) is 0.285. The number of aliphatic hydroxyl groups excluding tert-OH is 1. The Morgan fingerprint density at radius 3 is 3.00 bits per heavy atom. The van der Waals surface area contributed by atoms with Crippen molar-refractivity contribution in [1.29, 1.82) is 5.26 Å². The second-order valence-electron chi connectivity index (χ2n) is 3.46. The van der Waals surface area contributed by atoms with Crippen LogP contribution in [-0.2, 0) is 0 Å². The molecule has 1 aliphatic carbocycles. The lowest BCUT2D eigenvalue weighted by molar-refractivity contribution is 0.266. The van der Waals surface area contributed by atoms with Crippen molar-refractivity contribution in [2.75, 3.05) is 11.9 Å². The quantitative estimate of drug-likeness (QED) is 0.715. The van der Waals surface area contributed by atoms with Crippen LogP contribution >= 0.6 is 0 Å². The van der Waals surface area contributed by atoms with Gasteiger partial charge >= 0.3 is 0 Å². The first kappa shape index (κ1) is 8.91. The Morgan fingerprint density at radius 1 is 1.64 bits per heavy atom. The van der Waals surface area contributed by atoms with E-state index in [-0.39, 0.29) is 12.1 Å². The monoisotopic (exact) mass is 190 g/mol. The number of anilines is 1. The molecule has 1 aromatic rings. The third kappa shape index (κ3) is 1.52. The highest BCUT2D eigenvalue weighted by molar-refractivity contribution is 5.52. The molecular formula is C9H10N4O. The van der Waals surface area contributed by atoms with Gasteiger partial charge in [0, 0.05) is 0 Å². The van der Waals surface area contributed by atoms with Gasteiger partial charge in [-0.2, -0.15) is 5.26 Å². The van der Waals surface area contributed by atoms with Gasteiger partial charge in [0.25, 0.3) is 0 Å². The van der Waals surface area contributed by atoms with E-state index in [1.54, 1.807) is 0 Å². The van der Waals surface area contributed by atoms with Crippen LogP contribution in [0, 0.1) is 11.3 Å². The first-order valence-electron chi connectivity index (χ1n) is 4.39. The number of nitriles is 1. The molecule has 1 saturated carbocycles. The van der Waals surface area contributed by atoms with Crippen molar-refractivity contribution >= 4 is 5.82 Å². The summed E-state index contributed by atoms with van der Waals surface area (Å²) in [5.41, 5.74) is 0.159. The lowest BCUT2D eigenvalue weighted by atomic mass is 10.2. The lowest BCUT2D eigenvalue weighted by Gasteiger charge is -2.14. The van der Waals surface area contributed by atoms with Crippen molar-refractivity contribution in [3.8, 4) is 6.07 Å². The Morgan fingerprint density at radius 2 is 2.43 bits per heavy atom. The first-order valence-corrected chi connectivity index (χ1v) is 4.39. The summed E-state index contributed by atoms with van der Waals surface area (Å²) in [7, 11) is 0. The van der Waals surface area contributed by atoms with Crippen LogP contribution in [0.15, 0.2) is 12.5 Å². The van der Waals surface area contributed by atoms with Crippen molar-refractivity contribution in [2.45, 2.75) is 18.4 Å². The molecule has 2 rings (SSSR count). The Balaban J connectivity index is 2.21. The van der Waals surface area contributed by atoms with Crippen molar-refractivity contribution in [2.24, 2.45) is 0 Å². The Kier molecular flexibility index (Phi) is 2.06. The summed E-state index contributed by atoms with van der Waals surface area (Å²) in [6.07, 6.45) is 4.68. The van der Waals surface area contributed by atoms with Gasteiger partial charge < -0.3 is 10.4 Å². The van der Waals surface area contributed by atoms with Crippen LogP contribution in [0.25, 0.3) is 0 Å². The van der Waals surface area contributed by atoms with Crippen LogP contribution in [0.4, 0.5) is 5.82 Å². The molecule has 1 fully saturated rings. The molecule has 0 aliphatic heterocycles. The molecule has 0 unspecified atom stereocenters. The molecule has 72 valence electrons. The summed E-state index contributed by atoms with van der Waals surface area (Å²) >= 11 is 0. The van der Waals surface area contributed by atoms with E-state index in [2.05, 4.69) is 15.3 Å². The molecule has 0 saturated heterocycles. The lowest BCUT2D eigenvalue weighted by Crippen LogP contribution is -2.26. The molecule has 5 nitrogen and oxygen atoms in total. The average molecular weight is 190 g/mol. The van der Waals surface area contributed by atoms with Crippen LogP contribution in [0.2, 0.25) is 0 Å². The number of nitrogens with zero attached hydrogens (tertiary/aromatic N) is 3. The maximum atomic E-state index is 9.09. The fourth-order valence-electron chi connectivity index (χ4n) is 1.24. The summed E-state index contributed by atoms with van der Waals surface area (Å²) in [6, 6.07) is 2.00. The zero-order chi connectivity index (χ0) is 10.0. The number of nitrogens with one attached hydrogen (secondary N) is 1. The average Bonchev–Trinajstić information content (AvgIpc) is 2.99. The van der Waals surface area contributed by atoms with E-state index in [0.717, 1.165) is 12.8 Å². The smallest absolute Gasteiger partial charge is 0.147 e. The van der Waals surface area contributed by atoms with E-state index in [9.17, 15) is 0 Å². The molecule has 0 amide bonds. The van der Waals surface area contributed by atoms with Crippen LogP contribution in [0.1, 0.15) is 18.4 Å². The van der Waals surface area contributed by atoms with Crippen LogP contribution in [0.3, 0.4) is 0 Å². The van der Waals surface area contributed by atoms with Gasteiger partial charge in [0.05, 0.1) is 18.3 Å². The molecule has 0 atom stereocenters. The summed E-state index contributed by atoms with van der Waals surface area (Å²) in [5.74, 6) is 0.508. The normalized spacial score (nSPS) is 17.1. The Hall–Kier alpha value is -1.67. The number of aromatic nitrogens is 2. The molecule has 0 bridgehead atoms. The summed E-state index contributed by atoms with van der Waals surface area (Å²) in [4.78, 5) is 7.72. The highest BCUT2D eigenvalue weighted by atomic mass is 16.3. The van der Waals surface area contributed by atoms with Gasteiger partial charge in [-0.3, -0.25) is 0 Å². The third-order valence-electron chi connectivity index (χ3n) is 2.37. The fraction of sp³-hybridized carbons (Fsp3) is 0.444. The molecular weight excluding hydrogens is 180 g/mol. The van der Waals surface area contributed by atoms with Gasteiger partial charge in [-0.1, -0.05) is 0 Å². The van der Waals surface area contributed by atoms with Crippen LogP contribution in [0.5, 0.6) is 0 Å². The summed E-state index contributed by atoms with van der Waals surface area (Å²) in [5, 5.41) is 20.9. The summed E-state index contributed by atoms with van der Waals surface area (Å²) < 4.78 is 0. The molecule has 0 spiro atoms. The van der Waals surface area contributed by atoms with Gasteiger partial charge in [0.15, 0.2) is 0 Å². The topological polar surface area (TPSA) is 81.8 Å². The summed E-state index contributed by atoms with van der Waals surface area (Å²) in [6.45, 7) is 0.0713. The second-order valence-corrected chi connectivity index (χ2v) is 3.46. The second kappa shape index (κ2) is 3.24. The van der Waals surface area contributed by atoms with E-state index < -0.39 is 0 Å². The molecule has 0 radical (unpaired) electrons. The molecule has 0 aromatic carbocycles. The Bertz CT molecular complexity index is 381. The van der Waals surface area contributed by atoms with Crippen molar-refractivity contribution in [1.82, 2.24) is 9.97 Å². The van der Waals surface area contributed by atoms with E-state index in [4.69, 9.17) is 10.4 Å². The Labute approximate surface area is 81.4 Å². The molecule has 5 heteroatoms. The largest absolute Gasteiger partial charge is 0.394 e. The third-order valence-corrected chi connectivity index (χ3v) is 2.37. The number of rotatable bonds is 3. The predicted molar refractivity (Wildman–Crippen MR) is 49.4 cm³/mol. The molecule has 14 heavy (non-hydrogen) atoms. The van der Waals surface area contributed by atoms with Crippen LogP contribution < -0.4 is 5.32 Å². The maximum absolute atomic E-state index is 9.09. The first-order chi connectivity index (χ1) is 6.79. The van der Waals surface area contributed by atoms with Gasteiger partial charge in [-0.15, -0.1) is 0 Å². The van der Waals surface area contributed by atoms with E-state index in [1.807, 2.05) is 6.07 Å². The van der Waals surface area contributed by atoms with Gasteiger partial charge in [0.1, 0.15) is 23.8 Å². The minimum absolute atomic E-state index is 0.0713. The van der Waals surface area contributed by atoms with Crippen molar-refractivity contribution < 1.29 is 5.11 Å². The zero-order valence-corrected chi connectivity index (χ0v) is 7.56. The van der Waals surface area contributed by atoms with E-state index in [0.29, 0.717) is 11.4 Å². The minimum Gasteiger partial charge on any atom is -0.394 e. The maximum Gasteiger partial charge on any atom is 0.147 e. The molecule has 1 aliphatic rings. The highest BCUT2D eigenvalue weighted by Gasteiger charge is 2.42. The molecule has 1 aromatic heterocycles. The van der Waals surface area contributed by atoms with E-state index >= 15 is 0 Å². The standard InChI is InChI=1S/C9H10N4O/c10-3-7-4-11-6-12-8(7)13-9(5-14)1-2-9/h4,6,14H,1-2,5H2,(H,11,12,13). The minimum atomic E-state index is -0.250. The zero-order valence-electron chi connectivity index (χ0n) is 7.56. The highest BCUT2D eigenvalue weighted by Crippen LogP contribution is 2.38. The molecule has 1 heterocycles.